The van der Waals surface area contributed by atoms with Gasteiger partial charge >= 0.3 is 5.97 Å². The van der Waals surface area contributed by atoms with E-state index < -0.39 is 12.1 Å². The molecule has 4 rings (SSSR count). The minimum absolute atomic E-state index is 0.112. The van der Waals surface area contributed by atoms with Crippen molar-refractivity contribution in [3.63, 3.8) is 0 Å². The predicted octanol–water partition coefficient (Wildman–Crippen LogP) is 3.57. The maximum atomic E-state index is 12.8. The van der Waals surface area contributed by atoms with Crippen LogP contribution in [0.5, 0.6) is 5.75 Å². The van der Waals surface area contributed by atoms with Gasteiger partial charge in [-0.15, -0.1) is 0 Å². The van der Waals surface area contributed by atoms with E-state index in [0.29, 0.717) is 20.8 Å². The quantitative estimate of drug-likeness (QED) is 0.261. The highest BCUT2D eigenvalue weighted by atomic mass is 79.9. The molecule has 0 aromatic heterocycles. The van der Waals surface area contributed by atoms with Crippen molar-refractivity contribution in [2.75, 3.05) is 6.61 Å². The largest absolute Gasteiger partial charge is 0.477 e. The lowest BCUT2D eigenvalue weighted by atomic mass is 9.85. The van der Waals surface area contributed by atoms with Gasteiger partial charge in [-0.25, -0.2) is 4.79 Å². The molecule has 3 aliphatic rings. The maximum Gasteiger partial charge on any atom is 0.347 e. The lowest BCUT2D eigenvalue weighted by Crippen LogP contribution is -2.28. The number of halogens is 2. The van der Waals surface area contributed by atoms with Gasteiger partial charge in [0.05, 0.1) is 29.1 Å². The van der Waals surface area contributed by atoms with Crippen LogP contribution < -0.4 is 4.74 Å². The van der Waals surface area contributed by atoms with Crippen LogP contribution in [0.4, 0.5) is 0 Å². The number of hydrazone groups is 1. The second-order valence-corrected chi connectivity index (χ2v) is 8.84. The van der Waals surface area contributed by atoms with Crippen LogP contribution in [0.15, 0.2) is 33.9 Å². The Kier molecular flexibility index (Phi) is 5.72. The van der Waals surface area contributed by atoms with Gasteiger partial charge in [0.25, 0.3) is 11.8 Å². The number of carbonyl (C=O) groups is 3. The number of carbonyl (C=O) groups excluding carboxylic acids is 3. The maximum absolute atomic E-state index is 12.8. The summed E-state index contributed by atoms with van der Waals surface area (Å²) in [4.78, 5) is 37.5. The molecule has 1 saturated heterocycles. The summed E-state index contributed by atoms with van der Waals surface area (Å²) in [7, 11) is 0. The van der Waals surface area contributed by atoms with Crippen LogP contribution in [0.2, 0.25) is 5.02 Å². The first-order chi connectivity index (χ1) is 14.3. The van der Waals surface area contributed by atoms with E-state index in [0.717, 1.165) is 11.4 Å². The molecule has 7 nitrogen and oxygen atoms in total. The molecule has 158 valence electrons. The predicted molar refractivity (Wildman–Crippen MR) is 113 cm³/mol. The Morgan fingerprint density at radius 2 is 1.93 bits per heavy atom. The number of imide groups is 1. The molecule has 2 bridgehead atoms. The number of rotatable bonds is 6. The molecule has 2 aliphatic carbocycles. The van der Waals surface area contributed by atoms with Crippen LogP contribution in [-0.2, 0) is 19.1 Å². The van der Waals surface area contributed by atoms with Gasteiger partial charge in [-0.2, -0.15) is 10.1 Å². The van der Waals surface area contributed by atoms with E-state index in [1.54, 1.807) is 26.0 Å². The zero-order valence-corrected chi connectivity index (χ0v) is 18.7. The molecule has 0 spiro atoms. The lowest BCUT2D eigenvalue weighted by molar-refractivity contribution is -0.150. The van der Waals surface area contributed by atoms with Crippen molar-refractivity contribution in [2.45, 2.75) is 26.4 Å². The smallest absolute Gasteiger partial charge is 0.347 e. The molecule has 1 heterocycles. The van der Waals surface area contributed by atoms with Gasteiger partial charge in [0.2, 0.25) is 0 Å². The second-order valence-electron chi connectivity index (χ2n) is 7.55. The van der Waals surface area contributed by atoms with Crippen molar-refractivity contribution in [1.29, 1.82) is 0 Å². The van der Waals surface area contributed by atoms with Crippen molar-refractivity contribution in [3.8, 4) is 5.75 Å². The summed E-state index contributed by atoms with van der Waals surface area (Å²) in [6.45, 7) is 3.51. The molecular formula is C21H20BrClN2O5. The number of ether oxygens (including phenoxy) is 2. The Bertz CT molecular complexity index is 948. The molecule has 0 radical (unpaired) electrons. The van der Waals surface area contributed by atoms with Crippen molar-refractivity contribution >= 4 is 51.5 Å². The van der Waals surface area contributed by atoms with E-state index in [9.17, 15) is 14.4 Å². The number of esters is 1. The third-order valence-electron chi connectivity index (χ3n) is 5.71. The Morgan fingerprint density at radius 3 is 2.53 bits per heavy atom. The molecule has 0 N–H and O–H groups in total. The average Bonchev–Trinajstić information content (AvgIpc) is 3.37. The number of allylic oxidation sites excluding steroid dienone is 2. The monoisotopic (exact) mass is 494 g/mol. The summed E-state index contributed by atoms with van der Waals surface area (Å²) in [5.41, 5.74) is 0.421. The van der Waals surface area contributed by atoms with Crippen LogP contribution in [0.1, 0.15) is 25.8 Å². The molecule has 5 unspecified atom stereocenters. The van der Waals surface area contributed by atoms with Gasteiger partial charge < -0.3 is 9.47 Å². The summed E-state index contributed by atoms with van der Waals surface area (Å²) < 4.78 is 11.2. The normalized spacial score (nSPS) is 27.8. The van der Waals surface area contributed by atoms with E-state index >= 15 is 0 Å². The number of hydrogen-bond acceptors (Lipinski definition) is 6. The molecule has 30 heavy (non-hydrogen) atoms. The number of nitrogens with zero attached hydrogens (tertiary/aromatic N) is 2. The van der Waals surface area contributed by atoms with Gasteiger partial charge in [0.1, 0.15) is 5.75 Å². The minimum atomic E-state index is -0.870. The first kappa shape index (κ1) is 21.1. The standard InChI is InChI=1S/C21H20BrClN2O5/c1-3-29-21(28)10(2)30-18-13(7-14(23)8-15(18)22)9-24-25-19(26)16-11-4-5-12(6-11)17(16)20(25)27/h4-5,7-12,16-17H,3,6H2,1-2H3. The van der Waals surface area contributed by atoms with Gasteiger partial charge in [-0.05, 0) is 60.2 Å². The fourth-order valence-corrected chi connectivity index (χ4v) is 5.33. The second kappa shape index (κ2) is 8.15. The van der Waals surface area contributed by atoms with Gasteiger partial charge in [0, 0.05) is 10.6 Å². The number of benzene rings is 1. The highest BCUT2D eigenvalue weighted by Gasteiger charge is 2.59. The van der Waals surface area contributed by atoms with Crippen LogP contribution in [-0.4, -0.2) is 41.7 Å². The summed E-state index contributed by atoms with van der Waals surface area (Å²) in [5.74, 6) is -1.18. The third kappa shape index (κ3) is 3.56. The topological polar surface area (TPSA) is 85.3 Å². The van der Waals surface area contributed by atoms with Crippen molar-refractivity contribution in [2.24, 2.45) is 28.8 Å². The molecule has 1 saturated carbocycles. The Balaban J connectivity index is 1.59. The zero-order chi connectivity index (χ0) is 21.6. The Hall–Kier alpha value is -2.19. The molecule has 5 atom stereocenters. The molecule has 2 fully saturated rings. The van der Waals surface area contributed by atoms with E-state index in [1.165, 1.54) is 6.21 Å². The molecule has 1 aromatic carbocycles. The first-order valence-corrected chi connectivity index (χ1v) is 10.9. The Labute approximate surface area is 187 Å². The molecule has 2 amide bonds. The zero-order valence-electron chi connectivity index (χ0n) is 16.4. The van der Waals surface area contributed by atoms with Gasteiger partial charge in [-0.3, -0.25) is 9.59 Å². The average molecular weight is 496 g/mol. The minimum Gasteiger partial charge on any atom is -0.477 e. The molecule has 1 aromatic rings. The summed E-state index contributed by atoms with van der Waals surface area (Å²) in [6.07, 6.45) is 5.40. The first-order valence-electron chi connectivity index (χ1n) is 9.74. The third-order valence-corrected chi connectivity index (χ3v) is 6.52. The fraction of sp³-hybridized carbons (Fsp3) is 0.429. The van der Waals surface area contributed by atoms with Crippen molar-refractivity contribution in [1.82, 2.24) is 5.01 Å². The highest BCUT2D eigenvalue weighted by molar-refractivity contribution is 9.10. The van der Waals surface area contributed by atoms with Crippen molar-refractivity contribution < 1.29 is 23.9 Å². The number of amides is 2. The van der Waals surface area contributed by atoms with E-state index in [2.05, 4.69) is 21.0 Å². The number of hydrogen-bond donors (Lipinski definition) is 0. The summed E-state index contributed by atoms with van der Waals surface area (Å²) in [6, 6.07) is 3.20. The number of fused-ring (bicyclic) bond motifs is 5. The van der Waals surface area contributed by atoms with E-state index in [-0.39, 0.29) is 42.1 Å². The molecular weight excluding hydrogens is 476 g/mol. The van der Waals surface area contributed by atoms with Crippen LogP contribution >= 0.6 is 27.5 Å². The van der Waals surface area contributed by atoms with Gasteiger partial charge in [-0.1, -0.05) is 23.8 Å². The van der Waals surface area contributed by atoms with Crippen LogP contribution in [0.3, 0.4) is 0 Å². The SMILES string of the molecule is CCOC(=O)C(C)Oc1c(Br)cc(Cl)cc1C=NN1C(=O)C2C3C=CC(C3)C2C1=O. The Morgan fingerprint density at radius 1 is 1.30 bits per heavy atom. The summed E-state index contributed by atoms with van der Waals surface area (Å²) in [5, 5.41) is 5.53. The van der Waals surface area contributed by atoms with E-state index in [1.807, 2.05) is 12.2 Å². The fourth-order valence-electron chi connectivity index (χ4n) is 4.41. The highest BCUT2D eigenvalue weighted by Crippen LogP contribution is 2.52. The lowest BCUT2D eigenvalue weighted by Gasteiger charge is -2.17. The van der Waals surface area contributed by atoms with Crippen LogP contribution in [0.25, 0.3) is 0 Å². The van der Waals surface area contributed by atoms with E-state index in [4.69, 9.17) is 21.1 Å². The molecule has 9 heteroatoms. The summed E-state index contributed by atoms with van der Waals surface area (Å²) >= 11 is 9.53. The van der Waals surface area contributed by atoms with Crippen LogP contribution in [0, 0.1) is 23.7 Å². The van der Waals surface area contributed by atoms with Gasteiger partial charge in [0.15, 0.2) is 6.10 Å². The molecule has 1 aliphatic heterocycles. The van der Waals surface area contributed by atoms with Crippen molar-refractivity contribution in [3.05, 3.63) is 39.3 Å².